The molecule has 3 rings (SSSR count). The Morgan fingerprint density at radius 2 is 1.88 bits per heavy atom. The van der Waals surface area contributed by atoms with Gasteiger partial charge in [-0.15, -0.1) is 4.40 Å². The van der Waals surface area contributed by atoms with Crippen molar-refractivity contribution in [3.8, 4) is 0 Å². The zero-order valence-electron chi connectivity index (χ0n) is 13.9. The van der Waals surface area contributed by atoms with Gasteiger partial charge in [0.1, 0.15) is 11.6 Å². The Hall–Kier alpha value is -2.10. The van der Waals surface area contributed by atoms with Crippen LogP contribution in [0.15, 0.2) is 51.8 Å². The number of para-hydroxylation sites is 1. The fourth-order valence-electron chi connectivity index (χ4n) is 2.43. The van der Waals surface area contributed by atoms with Gasteiger partial charge in [0.25, 0.3) is 10.0 Å². The molecule has 1 aromatic heterocycles. The van der Waals surface area contributed by atoms with Gasteiger partial charge in [-0.1, -0.05) is 17.4 Å². The first-order valence-corrected chi connectivity index (χ1v) is 10.1. The minimum absolute atomic E-state index is 0.131. The third kappa shape index (κ3) is 3.84. The van der Waals surface area contributed by atoms with E-state index in [-0.39, 0.29) is 21.8 Å². The number of benzene rings is 2. The molecule has 0 unspecified atom stereocenters. The maximum absolute atomic E-state index is 14.3. The first kappa shape index (κ1) is 18.7. The van der Waals surface area contributed by atoms with E-state index in [0.29, 0.717) is 17.9 Å². The van der Waals surface area contributed by atoms with Crippen LogP contribution in [0.2, 0.25) is 0 Å². The summed E-state index contributed by atoms with van der Waals surface area (Å²) in [6.45, 7) is 2.87. The summed E-state index contributed by atoms with van der Waals surface area (Å²) in [6.07, 6.45) is 0. The third-order valence-electron chi connectivity index (χ3n) is 3.62. The summed E-state index contributed by atoms with van der Waals surface area (Å²) in [7, 11) is -4.06. The lowest BCUT2D eigenvalue weighted by atomic mass is 10.3. The summed E-state index contributed by atoms with van der Waals surface area (Å²) in [4.78, 5) is 0.00214. The van der Waals surface area contributed by atoms with Crippen molar-refractivity contribution in [3.63, 3.8) is 0 Å². The number of thiazole rings is 1. The monoisotopic (exact) mass is 398 g/mol. The van der Waals surface area contributed by atoms with Gasteiger partial charge in [0.2, 0.25) is 4.80 Å². The minimum Gasteiger partial charge on any atom is -0.380 e. The minimum atomic E-state index is -4.06. The lowest BCUT2D eigenvalue weighted by Crippen LogP contribution is -2.20. The maximum Gasteiger partial charge on any atom is 0.285 e. The van der Waals surface area contributed by atoms with Crippen LogP contribution in [0.25, 0.3) is 10.2 Å². The molecule has 3 aromatic rings. The fraction of sp³-hybridized carbons (Fsp3) is 0.235. The number of ether oxygens (including phenoxy) is 1. The first-order valence-electron chi connectivity index (χ1n) is 7.84. The predicted molar refractivity (Wildman–Crippen MR) is 95.4 cm³/mol. The number of halogens is 2. The largest absolute Gasteiger partial charge is 0.380 e. The van der Waals surface area contributed by atoms with Crippen LogP contribution < -0.4 is 4.80 Å². The molecule has 0 spiro atoms. The van der Waals surface area contributed by atoms with Gasteiger partial charge < -0.3 is 9.30 Å². The molecule has 0 radical (unpaired) electrons. The van der Waals surface area contributed by atoms with E-state index in [1.807, 2.05) is 6.92 Å². The number of fused-ring (bicyclic) bond motifs is 1. The Morgan fingerprint density at radius 3 is 2.58 bits per heavy atom. The topological polar surface area (TPSA) is 60.7 Å². The molecule has 138 valence electrons. The molecule has 0 bridgehead atoms. The second-order valence-electron chi connectivity index (χ2n) is 5.34. The zero-order valence-corrected chi connectivity index (χ0v) is 15.5. The van der Waals surface area contributed by atoms with E-state index >= 15 is 0 Å². The summed E-state index contributed by atoms with van der Waals surface area (Å²) in [6, 6.07) is 8.96. The summed E-state index contributed by atoms with van der Waals surface area (Å²) >= 11 is 1.07. The second-order valence-corrected chi connectivity index (χ2v) is 7.95. The Morgan fingerprint density at radius 1 is 1.15 bits per heavy atom. The Balaban J connectivity index is 2.16. The summed E-state index contributed by atoms with van der Waals surface area (Å²) in [5.41, 5.74) is 0.283. The fourth-order valence-corrected chi connectivity index (χ4v) is 4.70. The van der Waals surface area contributed by atoms with Gasteiger partial charge in [0.15, 0.2) is 0 Å². The molecule has 0 aliphatic heterocycles. The van der Waals surface area contributed by atoms with Gasteiger partial charge in [-0.2, -0.15) is 8.42 Å². The highest BCUT2D eigenvalue weighted by molar-refractivity contribution is 7.90. The second kappa shape index (κ2) is 7.65. The number of hydrogen-bond acceptors (Lipinski definition) is 4. The average molecular weight is 398 g/mol. The molecule has 5 nitrogen and oxygen atoms in total. The van der Waals surface area contributed by atoms with Crippen LogP contribution in [0.4, 0.5) is 8.78 Å². The van der Waals surface area contributed by atoms with Gasteiger partial charge in [0, 0.05) is 13.2 Å². The van der Waals surface area contributed by atoms with Gasteiger partial charge in [-0.05, 0) is 43.3 Å². The number of nitrogens with zero attached hydrogens (tertiary/aromatic N) is 2. The predicted octanol–water partition coefficient (Wildman–Crippen LogP) is 3.31. The van der Waals surface area contributed by atoms with Crippen molar-refractivity contribution in [2.45, 2.75) is 18.4 Å². The lowest BCUT2D eigenvalue weighted by Gasteiger charge is -2.06. The van der Waals surface area contributed by atoms with Gasteiger partial charge in [-0.3, -0.25) is 0 Å². The molecule has 0 atom stereocenters. The van der Waals surface area contributed by atoms with Gasteiger partial charge in [0.05, 0.1) is 21.7 Å². The van der Waals surface area contributed by atoms with Gasteiger partial charge in [-0.25, -0.2) is 8.78 Å². The van der Waals surface area contributed by atoms with Crippen molar-refractivity contribution in [1.29, 1.82) is 0 Å². The lowest BCUT2D eigenvalue weighted by molar-refractivity contribution is 0.139. The zero-order chi connectivity index (χ0) is 18.7. The van der Waals surface area contributed by atoms with E-state index in [0.717, 1.165) is 35.6 Å². The number of aromatic nitrogens is 1. The van der Waals surface area contributed by atoms with Crippen LogP contribution in [-0.2, 0) is 21.3 Å². The van der Waals surface area contributed by atoms with Crippen LogP contribution in [-0.4, -0.2) is 26.2 Å². The van der Waals surface area contributed by atoms with E-state index in [1.54, 1.807) is 12.1 Å². The van der Waals surface area contributed by atoms with E-state index < -0.39 is 21.7 Å². The summed E-state index contributed by atoms with van der Waals surface area (Å²) in [5, 5.41) is 0. The number of rotatable bonds is 6. The molecule has 0 N–H and O–H groups in total. The smallest absolute Gasteiger partial charge is 0.285 e. The van der Waals surface area contributed by atoms with Crippen LogP contribution in [0.3, 0.4) is 0 Å². The first-order chi connectivity index (χ1) is 12.4. The highest BCUT2D eigenvalue weighted by Crippen LogP contribution is 2.21. The SMILES string of the molecule is CCOCCn1c(=NS(=O)(=O)c2ccc(F)cc2)sc2cccc(F)c21. The van der Waals surface area contributed by atoms with Crippen LogP contribution >= 0.6 is 11.3 Å². The average Bonchev–Trinajstić information content (AvgIpc) is 2.93. The normalized spacial score (nSPS) is 12.8. The van der Waals surface area contributed by atoms with Crippen molar-refractivity contribution in [1.82, 2.24) is 4.57 Å². The summed E-state index contributed by atoms with van der Waals surface area (Å²) in [5.74, 6) is -1.00. The molecule has 0 fully saturated rings. The molecular formula is C17H16F2N2O3S2. The van der Waals surface area contributed by atoms with Crippen LogP contribution in [0.1, 0.15) is 6.92 Å². The molecule has 0 amide bonds. The Kier molecular flexibility index (Phi) is 5.49. The maximum atomic E-state index is 14.3. The summed E-state index contributed by atoms with van der Waals surface area (Å²) < 4.78 is 63.6. The van der Waals surface area contributed by atoms with Crippen molar-refractivity contribution in [3.05, 3.63) is 58.9 Å². The van der Waals surface area contributed by atoms with E-state index in [2.05, 4.69) is 4.40 Å². The van der Waals surface area contributed by atoms with Crippen LogP contribution in [0, 0.1) is 11.6 Å². The van der Waals surface area contributed by atoms with E-state index in [4.69, 9.17) is 4.74 Å². The quantitative estimate of drug-likeness (QED) is 0.599. The highest BCUT2D eigenvalue weighted by Gasteiger charge is 2.16. The molecule has 1 heterocycles. The molecule has 0 saturated heterocycles. The van der Waals surface area contributed by atoms with Crippen molar-refractivity contribution < 1.29 is 21.9 Å². The Labute approximate surface area is 153 Å². The van der Waals surface area contributed by atoms with Gasteiger partial charge >= 0.3 is 0 Å². The van der Waals surface area contributed by atoms with E-state index in [9.17, 15) is 17.2 Å². The molecule has 0 aliphatic rings. The van der Waals surface area contributed by atoms with Crippen molar-refractivity contribution in [2.24, 2.45) is 4.40 Å². The molecule has 0 aliphatic carbocycles. The molecule has 26 heavy (non-hydrogen) atoms. The Bertz CT molecular complexity index is 1090. The third-order valence-corrected chi connectivity index (χ3v) is 6.07. The molecule has 0 saturated carbocycles. The highest BCUT2D eigenvalue weighted by atomic mass is 32.2. The molecule has 9 heteroatoms. The standard InChI is InChI=1S/C17H16F2N2O3S2/c1-2-24-11-10-21-16-14(19)4-3-5-15(16)25-17(21)20-26(22,23)13-8-6-12(18)7-9-13/h3-9H,2,10-11H2,1H3. The van der Waals surface area contributed by atoms with Crippen LogP contribution in [0.5, 0.6) is 0 Å². The molecular weight excluding hydrogens is 382 g/mol. The van der Waals surface area contributed by atoms with Crippen molar-refractivity contribution in [2.75, 3.05) is 13.2 Å². The number of hydrogen-bond donors (Lipinski definition) is 0. The molecule has 2 aromatic carbocycles. The van der Waals surface area contributed by atoms with E-state index in [1.165, 1.54) is 10.6 Å². The number of sulfonamides is 1. The van der Waals surface area contributed by atoms with Crippen molar-refractivity contribution >= 4 is 31.6 Å².